The van der Waals surface area contributed by atoms with Crippen molar-refractivity contribution in [1.82, 2.24) is 24.9 Å². The number of nitrogens with zero attached hydrogens (tertiary/aromatic N) is 4. The minimum Gasteiger partial charge on any atom is -0.352 e. The van der Waals surface area contributed by atoms with Gasteiger partial charge in [0.25, 0.3) is 11.6 Å². The number of carbonyl (C=O) groups excluding carboxylic acids is 1. The van der Waals surface area contributed by atoms with E-state index in [9.17, 15) is 18.0 Å². The number of hydrogen-bond acceptors (Lipinski definition) is 4. The molecule has 0 radical (unpaired) electrons. The predicted molar refractivity (Wildman–Crippen MR) is 87.3 cm³/mol. The summed E-state index contributed by atoms with van der Waals surface area (Å²) in [5.74, 6) is -1.64. The number of rotatable bonds is 4. The lowest BCUT2D eigenvalue weighted by Gasteiger charge is -2.11. The number of hydrogen-bond donors (Lipinski definition) is 1. The Morgan fingerprint density at radius 1 is 1.15 bits per heavy atom. The zero-order valence-corrected chi connectivity index (χ0v) is 14.1. The van der Waals surface area contributed by atoms with E-state index in [1.165, 1.54) is 0 Å². The molecule has 0 fully saturated rings. The van der Waals surface area contributed by atoms with Gasteiger partial charge in [-0.3, -0.25) is 4.79 Å². The molecule has 136 valence electrons. The van der Waals surface area contributed by atoms with Gasteiger partial charge in [0.2, 0.25) is 5.91 Å². The molecule has 2 heterocycles. The van der Waals surface area contributed by atoms with Crippen LogP contribution >= 0.6 is 0 Å². The Bertz CT molecular complexity index is 950. The van der Waals surface area contributed by atoms with Gasteiger partial charge in [0.1, 0.15) is 0 Å². The fourth-order valence-corrected chi connectivity index (χ4v) is 2.60. The molecule has 0 aliphatic rings. The van der Waals surface area contributed by atoms with Gasteiger partial charge in [-0.25, -0.2) is 9.50 Å². The van der Waals surface area contributed by atoms with Crippen LogP contribution in [0.25, 0.3) is 5.78 Å². The maximum atomic E-state index is 12.8. The first kappa shape index (κ1) is 17.8. The van der Waals surface area contributed by atoms with Gasteiger partial charge in [-0.05, 0) is 19.4 Å². The van der Waals surface area contributed by atoms with Crippen LogP contribution in [0.3, 0.4) is 0 Å². The first-order valence-corrected chi connectivity index (χ1v) is 7.86. The maximum absolute atomic E-state index is 12.8. The number of benzene rings is 1. The zero-order chi connectivity index (χ0) is 18.9. The lowest BCUT2D eigenvalue weighted by molar-refractivity contribution is -0.144. The number of nitrogens with one attached hydrogen (secondary N) is 1. The van der Waals surface area contributed by atoms with Crippen LogP contribution in [0.2, 0.25) is 0 Å². The fourth-order valence-electron chi connectivity index (χ4n) is 2.60. The molecule has 1 aromatic carbocycles. The topological polar surface area (TPSA) is 72.2 Å². The molecule has 3 rings (SSSR count). The second kappa shape index (κ2) is 6.74. The average molecular weight is 363 g/mol. The van der Waals surface area contributed by atoms with E-state index in [4.69, 9.17) is 0 Å². The lowest BCUT2D eigenvalue weighted by Crippen LogP contribution is -2.25. The van der Waals surface area contributed by atoms with Crippen molar-refractivity contribution < 1.29 is 18.0 Å². The zero-order valence-electron chi connectivity index (χ0n) is 14.1. The van der Waals surface area contributed by atoms with Crippen LogP contribution < -0.4 is 5.32 Å². The summed E-state index contributed by atoms with van der Waals surface area (Å²) < 4.78 is 39.4. The van der Waals surface area contributed by atoms with Crippen LogP contribution in [0.4, 0.5) is 13.2 Å². The SMILES string of the molecule is Cc1nc2nc(C(F)(F)F)nn2c(C)c1CC(=O)NCc1ccccc1. The van der Waals surface area contributed by atoms with Gasteiger partial charge in [-0.1, -0.05) is 30.3 Å². The Labute approximate surface area is 147 Å². The van der Waals surface area contributed by atoms with Gasteiger partial charge in [-0.15, -0.1) is 5.10 Å². The van der Waals surface area contributed by atoms with E-state index < -0.39 is 12.0 Å². The Kier molecular flexibility index (Phi) is 4.62. The van der Waals surface area contributed by atoms with Gasteiger partial charge in [-0.2, -0.15) is 18.2 Å². The monoisotopic (exact) mass is 363 g/mol. The number of amides is 1. The Morgan fingerprint density at radius 3 is 2.50 bits per heavy atom. The summed E-state index contributed by atoms with van der Waals surface area (Å²) in [6.07, 6.45) is -4.66. The molecule has 2 aromatic heterocycles. The first-order chi connectivity index (χ1) is 12.3. The number of carbonyl (C=O) groups is 1. The smallest absolute Gasteiger partial charge is 0.352 e. The molecule has 1 N–H and O–H groups in total. The van der Waals surface area contributed by atoms with Gasteiger partial charge >= 0.3 is 6.18 Å². The summed E-state index contributed by atoms with van der Waals surface area (Å²) in [4.78, 5) is 19.7. The highest BCUT2D eigenvalue weighted by atomic mass is 19.4. The van der Waals surface area contributed by atoms with Gasteiger partial charge in [0.05, 0.1) is 6.42 Å². The summed E-state index contributed by atoms with van der Waals surface area (Å²) in [7, 11) is 0. The van der Waals surface area contributed by atoms with E-state index in [0.29, 0.717) is 23.5 Å². The summed E-state index contributed by atoms with van der Waals surface area (Å²) >= 11 is 0. The molecule has 0 unspecified atom stereocenters. The highest BCUT2D eigenvalue weighted by Gasteiger charge is 2.37. The molecule has 9 heteroatoms. The quantitative estimate of drug-likeness (QED) is 0.773. The largest absolute Gasteiger partial charge is 0.453 e. The second-order valence-corrected chi connectivity index (χ2v) is 5.85. The molecule has 0 aliphatic carbocycles. The van der Waals surface area contributed by atoms with Crippen molar-refractivity contribution in [2.24, 2.45) is 0 Å². The number of fused-ring (bicyclic) bond motifs is 1. The number of alkyl halides is 3. The molecule has 6 nitrogen and oxygen atoms in total. The van der Waals surface area contributed by atoms with Crippen molar-refractivity contribution in [3.8, 4) is 0 Å². The molecular weight excluding hydrogens is 347 g/mol. The van der Waals surface area contributed by atoms with Crippen molar-refractivity contribution in [2.75, 3.05) is 0 Å². The molecular formula is C17H16F3N5O. The van der Waals surface area contributed by atoms with E-state index in [1.807, 2.05) is 30.3 Å². The third-order valence-corrected chi connectivity index (χ3v) is 3.97. The van der Waals surface area contributed by atoms with Gasteiger partial charge in [0.15, 0.2) is 0 Å². The van der Waals surface area contributed by atoms with Gasteiger partial charge < -0.3 is 5.32 Å². The van der Waals surface area contributed by atoms with Gasteiger partial charge in [0, 0.05) is 23.5 Å². The molecule has 3 aromatic rings. The minimum absolute atomic E-state index is 0.00531. The van der Waals surface area contributed by atoms with Crippen LogP contribution in [-0.4, -0.2) is 25.5 Å². The standard InChI is InChI=1S/C17H16F3N5O/c1-10-13(8-14(26)21-9-12-6-4-3-5-7-12)11(2)25-16(22-10)23-15(24-25)17(18,19)20/h3-7H,8-9H2,1-2H3,(H,21,26). The van der Waals surface area contributed by atoms with E-state index in [2.05, 4.69) is 20.4 Å². The fraction of sp³-hybridized carbons (Fsp3) is 0.294. The molecule has 0 saturated heterocycles. The maximum Gasteiger partial charge on any atom is 0.453 e. The second-order valence-electron chi connectivity index (χ2n) is 5.85. The third kappa shape index (κ3) is 3.66. The molecule has 0 saturated carbocycles. The van der Waals surface area contributed by atoms with Crippen molar-refractivity contribution in [3.63, 3.8) is 0 Å². The Balaban J connectivity index is 1.82. The van der Waals surface area contributed by atoms with Crippen LogP contribution in [0, 0.1) is 13.8 Å². The summed E-state index contributed by atoms with van der Waals surface area (Å²) in [5, 5.41) is 6.26. The molecule has 0 bridgehead atoms. The van der Waals surface area contributed by atoms with Crippen LogP contribution in [0.1, 0.15) is 28.3 Å². The highest BCUT2D eigenvalue weighted by molar-refractivity contribution is 5.79. The normalized spacial score (nSPS) is 11.7. The van der Waals surface area contributed by atoms with Crippen LogP contribution in [0.15, 0.2) is 30.3 Å². The minimum atomic E-state index is -4.65. The van der Waals surface area contributed by atoms with E-state index in [1.54, 1.807) is 13.8 Å². The molecule has 0 aliphatic heterocycles. The molecule has 0 spiro atoms. The molecule has 0 atom stereocenters. The van der Waals surface area contributed by atoms with Crippen molar-refractivity contribution in [1.29, 1.82) is 0 Å². The van der Waals surface area contributed by atoms with Crippen molar-refractivity contribution in [3.05, 3.63) is 58.7 Å². The average Bonchev–Trinajstić information content (AvgIpc) is 3.02. The number of halogens is 3. The highest BCUT2D eigenvalue weighted by Crippen LogP contribution is 2.27. The van der Waals surface area contributed by atoms with Crippen LogP contribution in [-0.2, 0) is 23.9 Å². The van der Waals surface area contributed by atoms with E-state index in [0.717, 1.165) is 10.1 Å². The van der Waals surface area contributed by atoms with Crippen molar-refractivity contribution in [2.45, 2.75) is 33.0 Å². The number of aryl methyl sites for hydroxylation is 2. The van der Waals surface area contributed by atoms with Crippen LogP contribution in [0.5, 0.6) is 0 Å². The number of aromatic nitrogens is 4. The van der Waals surface area contributed by atoms with Crippen molar-refractivity contribution >= 4 is 11.7 Å². The van der Waals surface area contributed by atoms with E-state index in [-0.39, 0.29) is 18.1 Å². The third-order valence-electron chi connectivity index (χ3n) is 3.97. The Hall–Kier alpha value is -2.97. The first-order valence-electron chi connectivity index (χ1n) is 7.86. The molecule has 26 heavy (non-hydrogen) atoms. The molecule has 1 amide bonds. The Morgan fingerprint density at radius 2 is 1.85 bits per heavy atom. The summed E-state index contributed by atoms with van der Waals surface area (Å²) in [6, 6.07) is 9.40. The van der Waals surface area contributed by atoms with E-state index >= 15 is 0 Å². The lowest BCUT2D eigenvalue weighted by atomic mass is 10.1. The summed E-state index contributed by atoms with van der Waals surface area (Å²) in [5.41, 5.74) is 2.34. The summed E-state index contributed by atoms with van der Waals surface area (Å²) in [6.45, 7) is 3.60. The predicted octanol–water partition coefficient (Wildman–Crippen LogP) is 2.62.